The smallest absolute Gasteiger partial charge is 0.277 e. The number of hydrogen-bond donors (Lipinski definition) is 0. The Morgan fingerprint density at radius 3 is 2.10 bits per heavy atom. The maximum Gasteiger partial charge on any atom is 0.277 e. The van der Waals surface area contributed by atoms with Crippen LogP contribution in [0, 0.1) is 0 Å². The number of piperazine rings is 1. The van der Waals surface area contributed by atoms with Crippen molar-refractivity contribution in [1.29, 1.82) is 0 Å². The fraction of sp³-hybridized carbons (Fsp3) is 0.583. The van der Waals surface area contributed by atoms with E-state index in [1.807, 2.05) is 52.0 Å². The highest BCUT2D eigenvalue weighted by Crippen LogP contribution is 2.33. The highest BCUT2D eigenvalue weighted by Gasteiger charge is 2.41. The van der Waals surface area contributed by atoms with Crippen molar-refractivity contribution in [1.82, 2.24) is 14.7 Å². The van der Waals surface area contributed by atoms with Crippen molar-refractivity contribution in [2.24, 2.45) is 0 Å². The van der Waals surface area contributed by atoms with Gasteiger partial charge in [-0.05, 0) is 51.9 Å². The number of amides is 2. The largest absolute Gasteiger partial charge is 0.491 e. The molecule has 0 saturated carbocycles. The quantitative estimate of drug-likeness (QED) is 0.563. The van der Waals surface area contributed by atoms with E-state index in [1.165, 1.54) is 4.90 Å². The second kappa shape index (κ2) is 10.3. The molecule has 2 heterocycles. The van der Waals surface area contributed by atoms with E-state index >= 15 is 0 Å². The van der Waals surface area contributed by atoms with Gasteiger partial charge in [-0.25, -0.2) is 0 Å². The third-order valence-electron chi connectivity index (χ3n) is 5.56. The molecule has 1 saturated heterocycles. The second-order valence-corrected chi connectivity index (χ2v) is 8.52. The number of ether oxygens (including phenoxy) is 2. The molecule has 0 bridgehead atoms. The number of nitrogens with zero attached hydrogens (tertiary/aromatic N) is 3. The summed E-state index contributed by atoms with van der Waals surface area (Å²) in [6.45, 7) is 14.8. The lowest BCUT2D eigenvalue weighted by Gasteiger charge is -2.36. The minimum Gasteiger partial charge on any atom is -0.491 e. The molecule has 0 spiro atoms. The van der Waals surface area contributed by atoms with E-state index in [-0.39, 0.29) is 30.6 Å². The van der Waals surface area contributed by atoms with Crippen LogP contribution in [0.3, 0.4) is 0 Å². The van der Waals surface area contributed by atoms with E-state index < -0.39 is 0 Å². The topological polar surface area (TPSA) is 62.3 Å². The zero-order valence-corrected chi connectivity index (χ0v) is 19.4. The van der Waals surface area contributed by atoms with Crippen LogP contribution in [0.1, 0.15) is 40.2 Å². The van der Waals surface area contributed by atoms with Gasteiger partial charge in [0, 0.05) is 26.2 Å². The molecular weight excluding hydrogens is 394 g/mol. The highest BCUT2D eigenvalue weighted by atomic mass is 16.5. The fourth-order valence-electron chi connectivity index (χ4n) is 3.96. The molecule has 3 rings (SSSR count). The number of benzene rings is 1. The van der Waals surface area contributed by atoms with Gasteiger partial charge in [0.15, 0.2) is 0 Å². The van der Waals surface area contributed by atoms with Crippen LogP contribution in [0.25, 0.3) is 5.57 Å². The summed E-state index contributed by atoms with van der Waals surface area (Å²) in [5.74, 6) is 0.277. The fourth-order valence-corrected chi connectivity index (χ4v) is 3.96. The van der Waals surface area contributed by atoms with Gasteiger partial charge < -0.3 is 19.3 Å². The average Bonchev–Trinajstić information content (AvgIpc) is 2.98. The molecule has 1 aromatic rings. The summed E-state index contributed by atoms with van der Waals surface area (Å²) in [7, 11) is 0. The molecule has 2 aliphatic rings. The zero-order valence-electron chi connectivity index (χ0n) is 19.4. The van der Waals surface area contributed by atoms with Gasteiger partial charge >= 0.3 is 0 Å². The first-order valence-electron chi connectivity index (χ1n) is 11.3. The minimum absolute atomic E-state index is 0.0512. The third-order valence-corrected chi connectivity index (χ3v) is 5.56. The van der Waals surface area contributed by atoms with Gasteiger partial charge in [0.25, 0.3) is 11.8 Å². The van der Waals surface area contributed by atoms with Crippen molar-refractivity contribution >= 4 is 17.4 Å². The van der Waals surface area contributed by atoms with E-state index in [9.17, 15) is 9.59 Å². The Kier molecular flexibility index (Phi) is 7.73. The van der Waals surface area contributed by atoms with E-state index in [4.69, 9.17) is 9.47 Å². The summed E-state index contributed by atoms with van der Waals surface area (Å²) in [6, 6.07) is 7.46. The Hall–Kier alpha value is -2.38. The van der Waals surface area contributed by atoms with Gasteiger partial charge in [-0.2, -0.15) is 0 Å². The first kappa shape index (κ1) is 23.3. The Morgan fingerprint density at radius 1 is 0.903 bits per heavy atom. The van der Waals surface area contributed by atoms with Gasteiger partial charge in [-0.3, -0.25) is 14.5 Å². The lowest BCUT2D eigenvalue weighted by atomic mass is 10.0. The van der Waals surface area contributed by atoms with Gasteiger partial charge in [0.05, 0.1) is 30.9 Å². The zero-order chi connectivity index (χ0) is 22.5. The summed E-state index contributed by atoms with van der Waals surface area (Å²) in [5, 5.41) is 0. The van der Waals surface area contributed by atoms with Gasteiger partial charge in [-0.15, -0.1) is 0 Å². The van der Waals surface area contributed by atoms with E-state index in [0.29, 0.717) is 17.9 Å². The number of imide groups is 1. The second-order valence-electron chi connectivity index (χ2n) is 8.52. The Labute approximate surface area is 185 Å². The van der Waals surface area contributed by atoms with Crippen LogP contribution in [-0.2, 0) is 14.3 Å². The summed E-state index contributed by atoms with van der Waals surface area (Å²) in [5.41, 5.74) is 1.74. The summed E-state index contributed by atoms with van der Waals surface area (Å²) < 4.78 is 11.3. The lowest BCUT2D eigenvalue weighted by molar-refractivity contribution is -0.138. The average molecular weight is 430 g/mol. The standard InChI is InChI=1S/C24H35N3O4/c1-6-25-11-13-26(14-12-25)22-21(19-7-9-20(10-8-19)31-18(4)5)23(28)27(24(22)29)15-16-30-17(2)3/h7-10,17-18H,6,11-16H2,1-5H3. The van der Waals surface area contributed by atoms with Crippen molar-refractivity contribution in [3.63, 3.8) is 0 Å². The van der Waals surface area contributed by atoms with Crippen molar-refractivity contribution in [3.8, 4) is 5.75 Å². The SMILES string of the molecule is CCN1CCN(C2=C(c3ccc(OC(C)C)cc3)C(=O)N(CCOC(C)C)C2=O)CC1. The van der Waals surface area contributed by atoms with Crippen molar-refractivity contribution in [2.75, 3.05) is 45.9 Å². The van der Waals surface area contributed by atoms with E-state index in [1.54, 1.807) is 0 Å². The Morgan fingerprint density at radius 2 is 1.55 bits per heavy atom. The van der Waals surface area contributed by atoms with Crippen molar-refractivity contribution in [3.05, 3.63) is 35.5 Å². The summed E-state index contributed by atoms with van der Waals surface area (Å²) in [4.78, 5) is 32.5. The van der Waals surface area contributed by atoms with Crippen LogP contribution in [0.15, 0.2) is 30.0 Å². The van der Waals surface area contributed by atoms with Crippen LogP contribution in [0.4, 0.5) is 0 Å². The molecular formula is C24H35N3O4. The minimum atomic E-state index is -0.247. The molecule has 1 aromatic carbocycles. The normalized spacial score (nSPS) is 18.2. The first-order valence-corrected chi connectivity index (χ1v) is 11.3. The van der Waals surface area contributed by atoms with Gasteiger partial charge in [0.1, 0.15) is 11.4 Å². The summed E-state index contributed by atoms with van der Waals surface area (Å²) in [6.07, 6.45) is 0.122. The molecule has 170 valence electrons. The predicted molar refractivity (Wildman–Crippen MR) is 121 cm³/mol. The molecule has 1 fully saturated rings. The van der Waals surface area contributed by atoms with Crippen LogP contribution in [0.5, 0.6) is 5.75 Å². The van der Waals surface area contributed by atoms with E-state index in [0.717, 1.165) is 44.0 Å². The Balaban J connectivity index is 1.89. The van der Waals surface area contributed by atoms with Gasteiger partial charge in [0.2, 0.25) is 0 Å². The lowest BCUT2D eigenvalue weighted by Crippen LogP contribution is -2.47. The van der Waals surface area contributed by atoms with Crippen LogP contribution >= 0.6 is 0 Å². The maximum absolute atomic E-state index is 13.4. The third kappa shape index (κ3) is 5.46. The summed E-state index contributed by atoms with van der Waals surface area (Å²) >= 11 is 0. The number of carbonyl (C=O) groups is 2. The number of hydrogen-bond acceptors (Lipinski definition) is 6. The maximum atomic E-state index is 13.4. The molecule has 0 aromatic heterocycles. The molecule has 2 amide bonds. The van der Waals surface area contributed by atoms with Crippen molar-refractivity contribution < 1.29 is 19.1 Å². The number of likely N-dealkylation sites (N-methyl/N-ethyl adjacent to an activating group) is 1. The molecule has 0 radical (unpaired) electrons. The molecule has 7 heteroatoms. The molecule has 0 atom stereocenters. The number of carbonyl (C=O) groups excluding carboxylic acids is 2. The van der Waals surface area contributed by atoms with Crippen LogP contribution in [-0.4, -0.2) is 84.6 Å². The highest BCUT2D eigenvalue weighted by molar-refractivity contribution is 6.35. The molecule has 0 unspecified atom stereocenters. The van der Waals surface area contributed by atoms with Crippen LogP contribution < -0.4 is 4.74 Å². The first-order chi connectivity index (χ1) is 14.8. The monoisotopic (exact) mass is 429 g/mol. The number of rotatable bonds is 9. The van der Waals surface area contributed by atoms with Gasteiger partial charge in [-0.1, -0.05) is 19.1 Å². The van der Waals surface area contributed by atoms with Crippen molar-refractivity contribution in [2.45, 2.75) is 46.8 Å². The molecule has 2 aliphatic heterocycles. The predicted octanol–water partition coefficient (Wildman–Crippen LogP) is 2.62. The van der Waals surface area contributed by atoms with E-state index in [2.05, 4.69) is 16.7 Å². The molecule has 0 aliphatic carbocycles. The molecule has 0 N–H and O–H groups in total. The van der Waals surface area contributed by atoms with Crippen LogP contribution in [0.2, 0.25) is 0 Å². The Bertz CT molecular complexity index is 809. The molecule has 31 heavy (non-hydrogen) atoms. The molecule has 7 nitrogen and oxygen atoms in total.